The Bertz CT molecular complexity index is 1350. The molecule has 1 aromatic heterocycles. The van der Waals surface area contributed by atoms with Crippen LogP contribution in [-0.4, -0.2) is 41.5 Å². The standard InChI is InChI=1S/C26H22IN5O3/c1-35-21-13-11-18(12-14-21)25-19(17-32(31-25)20-7-3-2-4-8-20)15-29-30-24(33)16-28-26(34)22-9-5-6-10-23(22)27/h2-15,17H,16H2,1H3,(H,28,34)(H,30,33)/b29-15-. The number of rotatable bonds is 8. The van der Waals surface area contributed by atoms with Gasteiger partial charge in [0.1, 0.15) is 11.4 Å². The predicted molar refractivity (Wildman–Crippen MR) is 143 cm³/mol. The molecule has 2 amide bonds. The molecule has 0 radical (unpaired) electrons. The highest BCUT2D eigenvalue weighted by Gasteiger charge is 2.13. The number of nitrogens with zero attached hydrogens (tertiary/aromatic N) is 3. The number of benzene rings is 3. The van der Waals surface area contributed by atoms with Gasteiger partial charge < -0.3 is 10.1 Å². The molecule has 2 N–H and O–H groups in total. The average Bonchev–Trinajstić information content (AvgIpc) is 3.32. The lowest BCUT2D eigenvalue weighted by Crippen LogP contribution is -2.35. The van der Waals surface area contributed by atoms with E-state index in [1.54, 1.807) is 23.9 Å². The number of hydrazone groups is 1. The van der Waals surface area contributed by atoms with E-state index in [1.165, 1.54) is 6.21 Å². The quantitative estimate of drug-likeness (QED) is 0.187. The fraction of sp³-hybridized carbons (Fsp3) is 0.0769. The number of hydrogen-bond donors (Lipinski definition) is 2. The Morgan fingerprint density at radius 1 is 1.03 bits per heavy atom. The molecule has 0 saturated heterocycles. The topological polar surface area (TPSA) is 97.6 Å². The molecule has 4 aromatic rings. The van der Waals surface area contributed by atoms with Gasteiger partial charge in [-0.25, -0.2) is 10.1 Å². The summed E-state index contributed by atoms with van der Waals surface area (Å²) in [7, 11) is 1.61. The fourth-order valence-corrected chi connectivity index (χ4v) is 3.91. The molecule has 0 aliphatic carbocycles. The zero-order chi connectivity index (χ0) is 24.6. The molecule has 0 aliphatic heterocycles. The molecule has 176 valence electrons. The summed E-state index contributed by atoms with van der Waals surface area (Å²) >= 11 is 2.08. The van der Waals surface area contributed by atoms with Gasteiger partial charge in [0.25, 0.3) is 11.8 Å². The highest BCUT2D eigenvalue weighted by atomic mass is 127. The molecule has 3 aromatic carbocycles. The van der Waals surface area contributed by atoms with E-state index in [0.29, 0.717) is 16.8 Å². The summed E-state index contributed by atoms with van der Waals surface area (Å²) in [5.41, 5.74) is 6.14. The first-order valence-electron chi connectivity index (χ1n) is 10.7. The van der Waals surface area contributed by atoms with Crippen molar-refractivity contribution in [2.45, 2.75) is 0 Å². The SMILES string of the molecule is COc1ccc(-c2nn(-c3ccccc3)cc2/C=N\NC(=O)CNC(=O)c2ccccc2I)cc1. The number of hydrogen-bond acceptors (Lipinski definition) is 5. The van der Waals surface area contributed by atoms with Crippen molar-refractivity contribution in [3.8, 4) is 22.7 Å². The second-order valence-electron chi connectivity index (χ2n) is 7.40. The fourth-order valence-electron chi connectivity index (χ4n) is 3.28. The molecular weight excluding hydrogens is 557 g/mol. The van der Waals surface area contributed by atoms with E-state index in [9.17, 15) is 9.59 Å². The number of carbonyl (C=O) groups is 2. The van der Waals surface area contributed by atoms with E-state index in [-0.39, 0.29) is 12.5 Å². The number of ether oxygens (including phenoxy) is 1. The van der Waals surface area contributed by atoms with Gasteiger partial charge in [-0.05, 0) is 71.1 Å². The minimum absolute atomic E-state index is 0.199. The monoisotopic (exact) mass is 579 g/mol. The highest BCUT2D eigenvalue weighted by molar-refractivity contribution is 14.1. The minimum atomic E-state index is -0.443. The molecule has 0 atom stereocenters. The van der Waals surface area contributed by atoms with E-state index in [4.69, 9.17) is 9.84 Å². The number of nitrogens with one attached hydrogen (secondary N) is 2. The van der Waals surface area contributed by atoms with Crippen LogP contribution in [0.1, 0.15) is 15.9 Å². The smallest absolute Gasteiger partial charge is 0.259 e. The maximum absolute atomic E-state index is 12.3. The van der Waals surface area contributed by atoms with E-state index in [2.05, 4.69) is 38.4 Å². The van der Waals surface area contributed by atoms with Crippen LogP contribution in [0.3, 0.4) is 0 Å². The van der Waals surface area contributed by atoms with Gasteiger partial charge in [-0.15, -0.1) is 0 Å². The van der Waals surface area contributed by atoms with Crippen molar-refractivity contribution in [3.05, 3.63) is 99.8 Å². The first kappa shape index (κ1) is 24.1. The second-order valence-corrected chi connectivity index (χ2v) is 8.56. The Balaban J connectivity index is 1.47. The van der Waals surface area contributed by atoms with Crippen LogP contribution in [0.2, 0.25) is 0 Å². The Kier molecular flexibility index (Phi) is 7.88. The maximum atomic E-state index is 12.3. The van der Waals surface area contributed by atoms with E-state index < -0.39 is 5.91 Å². The van der Waals surface area contributed by atoms with Crippen LogP contribution >= 0.6 is 22.6 Å². The third-order valence-corrected chi connectivity index (χ3v) is 5.99. The van der Waals surface area contributed by atoms with Crippen molar-refractivity contribution in [2.75, 3.05) is 13.7 Å². The van der Waals surface area contributed by atoms with Gasteiger partial charge in [-0.2, -0.15) is 10.2 Å². The van der Waals surface area contributed by atoms with E-state index >= 15 is 0 Å². The molecular formula is C26H22IN5O3. The van der Waals surface area contributed by atoms with Crippen molar-refractivity contribution in [1.29, 1.82) is 0 Å². The largest absolute Gasteiger partial charge is 0.497 e. The molecule has 0 spiro atoms. The van der Waals surface area contributed by atoms with Crippen LogP contribution in [0.25, 0.3) is 16.9 Å². The normalized spacial score (nSPS) is 10.8. The molecule has 4 rings (SSSR count). The summed E-state index contributed by atoms with van der Waals surface area (Å²) in [6, 6.07) is 24.4. The molecule has 8 nitrogen and oxygen atoms in total. The summed E-state index contributed by atoms with van der Waals surface area (Å²) in [5.74, 6) is -0.0204. The molecule has 0 unspecified atom stereocenters. The Morgan fingerprint density at radius 2 is 1.74 bits per heavy atom. The van der Waals surface area contributed by atoms with Gasteiger partial charge in [-0.1, -0.05) is 30.3 Å². The lowest BCUT2D eigenvalue weighted by molar-refractivity contribution is -0.120. The van der Waals surface area contributed by atoms with Crippen LogP contribution in [0.5, 0.6) is 5.75 Å². The number of aromatic nitrogens is 2. The van der Waals surface area contributed by atoms with E-state index in [0.717, 1.165) is 20.6 Å². The first-order chi connectivity index (χ1) is 17.0. The average molecular weight is 579 g/mol. The van der Waals surface area contributed by atoms with Crippen LogP contribution in [0.15, 0.2) is 90.2 Å². The Morgan fingerprint density at radius 3 is 2.46 bits per heavy atom. The Hall–Kier alpha value is -3.99. The van der Waals surface area contributed by atoms with Crippen molar-refractivity contribution >= 4 is 40.6 Å². The number of para-hydroxylation sites is 1. The molecule has 35 heavy (non-hydrogen) atoms. The summed E-state index contributed by atoms with van der Waals surface area (Å²) in [6.07, 6.45) is 3.37. The minimum Gasteiger partial charge on any atom is -0.497 e. The van der Waals surface area contributed by atoms with E-state index in [1.807, 2.05) is 72.9 Å². The van der Waals surface area contributed by atoms with Crippen LogP contribution < -0.4 is 15.5 Å². The molecule has 9 heteroatoms. The van der Waals surface area contributed by atoms with Crippen molar-refractivity contribution in [2.24, 2.45) is 5.10 Å². The lowest BCUT2D eigenvalue weighted by atomic mass is 10.1. The van der Waals surface area contributed by atoms with Gasteiger partial charge in [0.15, 0.2) is 0 Å². The van der Waals surface area contributed by atoms with Crippen LogP contribution in [0.4, 0.5) is 0 Å². The van der Waals surface area contributed by atoms with Gasteiger partial charge in [0, 0.05) is 20.9 Å². The van der Waals surface area contributed by atoms with Crippen LogP contribution in [0, 0.1) is 3.57 Å². The first-order valence-corrected chi connectivity index (χ1v) is 11.8. The molecule has 1 heterocycles. The molecule has 0 bridgehead atoms. The Labute approximate surface area is 216 Å². The summed E-state index contributed by atoms with van der Waals surface area (Å²) in [4.78, 5) is 24.5. The van der Waals surface area contributed by atoms with Crippen molar-refractivity contribution in [3.63, 3.8) is 0 Å². The van der Waals surface area contributed by atoms with Gasteiger partial charge in [-0.3, -0.25) is 9.59 Å². The zero-order valence-electron chi connectivity index (χ0n) is 18.8. The highest BCUT2D eigenvalue weighted by Crippen LogP contribution is 2.25. The van der Waals surface area contributed by atoms with Crippen molar-refractivity contribution in [1.82, 2.24) is 20.5 Å². The number of carbonyl (C=O) groups excluding carboxylic acids is 2. The summed E-state index contributed by atoms with van der Waals surface area (Å²) in [5, 5.41) is 11.4. The number of methoxy groups -OCH3 is 1. The number of halogens is 1. The molecule has 0 aliphatic rings. The number of amides is 2. The van der Waals surface area contributed by atoms with Gasteiger partial charge in [0.2, 0.25) is 0 Å². The third-order valence-electron chi connectivity index (χ3n) is 5.05. The van der Waals surface area contributed by atoms with Crippen molar-refractivity contribution < 1.29 is 14.3 Å². The maximum Gasteiger partial charge on any atom is 0.259 e. The third kappa shape index (κ3) is 6.12. The molecule has 0 saturated carbocycles. The predicted octanol–water partition coefficient (Wildman–Crippen LogP) is 4.03. The molecule has 0 fully saturated rings. The summed E-state index contributed by atoms with van der Waals surface area (Å²) < 4.78 is 7.81. The zero-order valence-corrected chi connectivity index (χ0v) is 21.0. The summed E-state index contributed by atoms with van der Waals surface area (Å²) in [6.45, 7) is -0.199. The van der Waals surface area contributed by atoms with Gasteiger partial charge >= 0.3 is 0 Å². The van der Waals surface area contributed by atoms with Crippen LogP contribution in [-0.2, 0) is 4.79 Å². The van der Waals surface area contributed by atoms with Gasteiger partial charge in [0.05, 0.1) is 31.1 Å². The second kappa shape index (κ2) is 11.4. The lowest BCUT2D eigenvalue weighted by Gasteiger charge is -2.05.